The number of hydrogen-bond donors (Lipinski definition) is 0. The lowest BCUT2D eigenvalue weighted by molar-refractivity contribution is 0.190. The number of halogens is 3. The first-order valence-electron chi connectivity index (χ1n) is 5.08. The highest BCUT2D eigenvalue weighted by molar-refractivity contribution is 9.14. The zero-order valence-corrected chi connectivity index (χ0v) is 13.8. The molecule has 5 heteroatoms. The second-order valence-corrected chi connectivity index (χ2v) is 6.46. The lowest BCUT2D eigenvalue weighted by Gasteiger charge is -2.12. The van der Waals surface area contributed by atoms with Gasteiger partial charge < -0.3 is 9.47 Å². The molecule has 1 aromatic carbocycles. The maximum absolute atomic E-state index is 5.75. The van der Waals surface area contributed by atoms with Gasteiger partial charge in [-0.25, -0.2) is 0 Å². The summed E-state index contributed by atoms with van der Waals surface area (Å²) in [4.78, 5) is 0. The van der Waals surface area contributed by atoms with Gasteiger partial charge >= 0.3 is 0 Å². The first kappa shape index (κ1) is 13.6. The highest BCUT2D eigenvalue weighted by Gasteiger charge is 2.44. The molecule has 2 rings (SSSR count). The fourth-order valence-corrected chi connectivity index (χ4v) is 2.83. The number of hydrogen-bond acceptors (Lipinski definition) is 2. The van der Waals surface area contributed by atoms with Crippen LogP contribution in [0.4, 0.5) is 0 Å². The minimum absolute atomic E-state index is 0.145. The first-order chi connectivity index (χ1) is 8.06. The van der Waals surface area contributed by atoms with Crippen LogP contribution in [0.5, 0.6) is 5.75 Å². The predicted octanol–water partition coefficient (Wildman–Crippen LogP) is 4.70. The Balaban J connectivity index is 2.02. The quantitative estimate of drug-likeness (QED) is 0.387. The molecule has 1 aliphatic heterocycles. The number of rotatable bonds is 5. The molecule has 0 aliphatic carbocycles. The molecule has 92 valence electrons. The van der Waals surface area contributed by atoms with Crippen molar-refractivity contribution in [2.45, 2.75) is 12.0 Å². The summed E-state index contributed by atoms with van der Waals surface area (Å²) in [5, 5.41) is 0. The van der Waals surface area contributed by atoms with Crippen LogP contribution in [0.15, 0.2) is 38.2 Å². The maximum Gasteiger partial charge on any atom is 0.129 e. The van der Waals surface area contributed by atoms with E-state index < -0.39 is 0 Å². The summed E-state index contributed by atoms with van der Waals surface area (Å²) in [6.45, 7) is 5.03. The molecule has 17 heavy (non-hydrogen) atoms. The van der Waals surface area contributed by atoms with Crippen LogP contribution in [0.25, 0.3) is 0 Å². The van der Waals surface area contributed by atoms with Crippen LogP contribution in [0.2, 0.25) is 0 Å². The molecular weight excluding hydrogens is 416 g/mol. The molecule has 0 amide bonds. The summed E-state index contributed by atoms with van der Waals surface area (Å²) in [6.07, 6.45) is 2.69. The number of epoxide rings is 1. The van der Waals surface area contributed by atoms with E-state index >= 15 is 0 Å². The molecule has 0 bridgehead atoms. The summed E-state index contributed by atoms with van der Waals surface area (Å²) in [6, 6.07) is 3.86. The molecule has 1 saturated heterocycles. The van der Waals surface area contributed by atoms with Gasteiger partial charge in [-0.15, -0.1) is 6.58 Å². The maximum atomic E-state index is 5.75. The average molecular weight is 427 g/mol. The van der Waals surface area contributed by atoms with Gasteiger partial charge in [0.15, 0.2) is 0 Å². The molecule has 0 N–H and O–H groups in total. The molecule has 1 aromatic rings. The van der Waals surface area contributed by atoms with Gasteiger partial charge in [0.05, 0.1) is 6.61 Å². The topological polar surface area (TPSA) is 21.8 Å². The SMILES string of the molecule is C=CCC1(COc2cc(Br)c(Br)c(Br)c2)CO1. The Labute approximate surface area is 126 Å². The van der Waals surface area contributed by atoms with Crippen molar-refractivity contribution in [2.75, 3.05) is 13.2 Å². The van der Waals surface area contributed by atoms with Gasteiger partial charge in [0.2, 0.25) is 0 Å². The lowest BCUT2D eigenvalue weighted by Crippen LogP contribution is -2.20. The molecular formula is C12H11Br3O2. The van der Waals surface area contributed by atoms with Crippen molar-refractivity contribution in [1.82, 2.24) is 0 Å². The van der Waals surface area contributed by atoms with E-state index in [2.05, 4.69) is 54.4 Å². The van der Waals surface area contributed by atoms with E-state index in [1.807, 2.05) is 18.2 Å². The highest BCUT2D eigenvalue weighted by Crippen LogP contribution is 2.37. The normalized spacial score (nSPS) is 22.3. The molecule has 0 radical (unpaired) electrons. The van der Waals surface area contributed by atoms with Crippen molar-refractivity contribution in [3.63, 3.8) is 0 Å². The Bertz CT molecular complexity index is 418. The van der Waals surface area contributed by atoms with E-state index in [1.165, 1.54) is 0 Å². The molecule has 1 heterocycles. The van der Waals surface area contributed by atoms with Crippen LogP contribution >= 0.6 is 47.8 Å². The third-order valence-corrected chi connectivity index (χ3v) is 5.70. The van der Waals surface area contributed by atoms with Gasteiger partial charge in [-0.2, -0.15) is 0 Å². The van der Waals surface area contributed by atoms with Gasteiger partial charge in [0, 0.05) is 13.4 Å². The molecule has 0 aromatic heterocycles. The Hall–Kier alpha value is 0.160. The minimum Gasteiger partial charge on any atom is -0.490 e. The minimum atomic E-state index is -0.145. The smallest absolute Gasteiger partial charge is 0.129 e. The number of benzene rings is 1. The van der Waals surface area contributed by atoms with E-state index in [4.69, 9.17) is 9.47 Å². The molecule has 1 unspecified atom stereocenters. The van der Waals surface area contributed by atoms with Crippen LogP contribution in [-0.2, 0) is 4.74 Å². The Kier molecular flexibility index (Phi) is 4.34. The van der Waals surface area contributed by atoms with E-state index in [0.717, 1.165) is 32.2 Å². The average Bonchev–Trinajstić information content (AvgIpc) is 3.04. The van der Waals surface area contributed by atoms with Crippen molar-refractivity contribution in [3.8, 4) is 5.75 Å². The Morgan fingerprint density at radius 2 is 1.94 bits per heavy atom. The number of ether oxygens (including phenoxy) is 2. The first-order valence-corrected chi connectivity index (χ1v) is 7.46. The molecule has 0 spiro atoms. The van der Waals surface area contributed by atoms with Gasteiger partial charge in [0.25, 0.3) is 0 Å². The van der Waals surface area contributed by atoms with E-state index in [9.17, 15) is 0 Å². The van der Waals surface area contributed by atoms with Crippen LogP contribution in [0.3, 0.4) is 0 Å². The fraction of sp³-hybridized carbons (Fsp3) is 0.333. The third-order valence-electron chi connectivity index (χ3n) is 2.53. The summed E-state index contributed by atoms with van der Waals surface area (Å²) < 4.78 is 14.1. The summed E-state index contributed by atoms with van der Waals surface area (Å²) in [7, 11) is 0. The second kappa shape index (κ2) is 5.43. The molecule has 2 nitrogen and oxygen atoms in total. The fourth-order valence-electron chi connectivity index (χ4n) is 1.46. The van der Waals surface area contributed by atoms with Crippen molar-refractivity contribution >= 4 is 47.8 Å². The van der Waals surface area contributed by atoms with Gasteiger partial charge in [-0.05, 0) is 66.3 Å². The molecule has 1 atom stereocenters. The van der Waals surface area contributed by atoms with Crippen LogP contribution in [0, 0.1) is 0 Å². The van der Waals surface area contributed by atoms with Crippen molar-refractivity contribution in [2.24, 2.45) is 0 Å². The Morgan fingerprint density at radius 1 is 1.35 bits per heavy atom. The van der Waals surface area contributed by atoms with Crippen LogP contribution in [-0.4, -0.2) is 18.8 Å². The highest BCUT2D eigenvalue weighted by atomic mass is 79.9. The van der Waals surface area contributed by atoms with E-state index in [0.29, 0.717) is 6.61 Å². The van der Waals surface area contributed by atoms with Gasteiger partial charge in [-0.1, -0.05) is 6.08 Å². The summed E-state index contributed by atoms with van der Waals surface area (Å²) in [5.74, 6) is 0.811. The molecule has 1 aliphatic rings. The van der Waals surface area contributed by atoms with Gasteiger partial charge in [0.1, 0.15) is 18.0 Å². The molecule has 1 fully saturated rings. The zero-order chi connectivity index (χ0) is 12.5. The standard InChI is InChI=1S/C12H11Br3O2/c1-2-3-12(7-17-12)6-16-8-4-9(13)11(15)10(14)5-8/h2,4-5H,1,3,6-7H2. The van der Waals surface area contributed by atoms with Crippen molar-refractivity contribution in [3.05, 3.63) is 38.2 Å². The van der Waals surface area contributed by atoms with E-state index in [-0.39, 0.29) is 5.60 Å². The molecule has 0 saturated carbocycles. The van der Waals surface area contributed by atoms with Crippen molar-refractivity contribution in [1.29, 1.82) is 0 Å². The van der Waals surface area contributed by atoms with Gasteiger partial charge in [-0.3, -0.25) is 0 Å². The van der Waals surface area contributed by atoms with Crippen molar-refractivity contribution < 1.29 is 9.47 Å². The third kappa shape index (κ3) is 3.34. The monoisotopic (exact) mass is 424 g/mol. The zero-order valence-electron chi connectivity index (χ0n) is 9.01. The van der Waals surface area contributed by atoms with Crippen LogP contribution < -0.4 is 4.74 Å². The predicted molar refractivity (Wildman–Crippen MR) is 78.5 cm³/mol. The lowest BCUT2D eigenvalue weighted by atomic mass is 10.1. The summed E-state index contributed by atoms with van der Waals surface area (Å²) in [5.41, 5.74) is -0.145. The largest absolute Gasteiger partial charge is 0.490 e. The second-order valence-electron chi connectivity index (χ2n) is 3.95. The van der Waals surface area contributed by atoms with Crippen LogP contribution in [0.1, 0.15) is 6.42 Å². The summed E-state index contributed by atoms with van der Waals surface area (Å²) >= 11 is 10.4. The Morgan fingerprint density at radius 3 is 2.41 bits per heavy atom. The van der Waals surface area contributed by atoms with E-state index in [1.54, 1.807) is 0 Å².